The van der Waals surface area contributed by atoms with Crippen LogP contribution < -0.4 is 5.73 Å². The Labute approximate surface area is 127 Å². The molecule has 0 bridgehead atoms. The van der Waals surface area contributed by atoms with Crippen molar-refractivity contribution in [2.24, 2.45) is 5.73 Å². The number of methoxy groups -OCH3 is 1. The standard InChI is InChI=1S/C18H25NO2/c1-18(2,20-3)11-12-21-13-17(19)16-10-6-8-14-7-4-5-9-15(14)16/h4-10,17H,11-13,19H2,1-3H3. The molecule has 3 heteroatoms. The number of nitrogens with two attached hydrogens (primary N) is 1. The number of ether oxygens (including phenoxy) is 2. The minimum atomic E-state index is -0.149. The fourth-order valence-electron chi connectivity index (χ4n) is 2.29. The molecule has 0 aliphatic heterocycles. The van der Waals surface area contributed by atoms with Crippen molar-refractivity contribution < 1.29 is 9.47 Å². The largest absolute Gasteiger partial charge is 0.379 e. The first kappa shape index (κ1) is 16.0. The Hall–Kier alpha value is -1.42. The van der Waals surface area contributed by atoms with Crippen molar-refractivity contribution in [2.75, 3.05) is 20.3 Å². The van der Waals surface area contributed by atoms with Crippen LogP contribution in [-0.2, 0) is 9.47 Å². The third-order valence-corrected chi connectivity index (χ3v) is 3.92. The maximum Gasteiger partial charge on any atom is 0.0659 e. The van der Waals surface area contributed by atoms with Crippen molar-refractivity contribution >= 4 is 10.8 Å². The van der Waals surface area contributed by atoms with Gasteiger partial charge in [-0.3, -0.25) is 0 Å². The van der Waals surface area contributed by atoms with Gasteiger partial charge in [0.2, 0.25) is 0 Å². The van der Waals surface area contributed by atoms with E-state index in [9.17, 15) is 0 Å². The van der Waals surface area contributed by atoms with E-state index in [1.54, 1.807) is 7.11 Å². The van der Waals surface area contributed by atoms with Gasteiger partial charge >= 0.3 is 0 Å². The molecule has 2 rings (SSSR count). The van der Waals surface area contributed by atoms with E-state index >= 15 is 0 Å². The lowest BCUT2D eigenvalue weighted by molar-refractivity contribution is -0.0113. The highest BCUT2D eigenvalue weighted by Gasteiger charge is 2.16. The SMILES string of the molecule is COC(C)(C)CCOCC(N)c1cccc2ccccc12. The molecule has 2 aromatic carbocycles. The monoisotopic (exact) mass is 287 g/mol. The second kappa shape index (κ2) is 7.03. The van der Waals surface area contributed by atoms with Crippen molar-refractivity contribution in [1.29, 1.82) is 0 Å². The lowest BCUT2D eigenvalue weighted by Gasteiger charge is -2.23. The van der Waals surface area contributed by atoms with Gasteiger partial charge in [-0.05, 0) is 36.6 Å². The van der Waals surface area contributed by atoms with Gasteiger partial charge in [0.25, 0.3) is 0 Å². The highest BCUT2D eigenvalue weighted by Crippen LogP contribution is 2.23. The van der Waals surface area contributed by atoms with Crippen LogP contribution in [0, 0.1) is 0 Å². The molecule has 2 aromatic rings. The average molecular weight is 287 g/mol. The maximum atomic E-state index is 6.29. The maximum absolute atomic E-state index is 6.29. The summed E-state index contributed by atoms with van der Waals surface area (Å²) in [4.78, 5) is 0. The van der Waals surface area contributed by atoms with Crippen molar-refractivity contribution in [2.45, 2.75) is 31.9 Å². The summed E-state index contributed by atoms with van der Waals surface area (Å²) in [5, 5.41) is 2.42. The van der Waals surface area contributed by atoms with Gasteiger partial charge in [0.15, 0.2) is 0 Å². The molecule has 1 unspecified atom stereocenters. The lowest BCUT2D eigenvalue weighted by Crippen LogP contribution is -2.25. The molecule has 1 atom stereocenters. The fourth-order valence-corrected chi connectivity index (χ4v) is 2.29. The van der Waals surface area contributed by atoms with Crippen LogP contribution in [0.25, 0.3) is 10.8 Å². The van der Waals surface area contributed by atoms with E-state index in [4.69, 9.17) is 15.2 Å². The summed E-state index contributed by atoms with van der Waals surface area (Å²) in [6, 6.07) is 14.4. The molecule has 0 radical (unpaired) electrons. The molecular weight excluding hydrogens is 262 g/mol. The first-order valence-electron chi connectivity index (χ1n) is 7.39. The van der Waals surface area contributed by atoms with E-state index in [2.05, 4.69) is 38.1 Å². The molecular formula is C18H25NO2. The minimum Gasteiger partial charge on any atom is -0.379 e. The van der Waals surface area contributed by atoms with Crippen molar-refractivity contribution in [3.8, 4) is 0 Å². The number of rotatable bonds is 7. The minimum absolute atomic E-state index is 0.109. The van der Waals surface area contributed by atoms with E-state index < -0.39 is 0 Å². The van der Waals surface area contributed by atoms with Gasteiger partial charge in [0, 0.05) is 13.7 Å². The third-order valence-electron chi connectivity index (χ3n) is 3.92. The molecule has 0 aliphatic carbocycles. The molecule has 3 nitrogen and oxygen atoms in total. The quantitative estimate of drug-likeness (QED) is 0.790. The van der Waals surface area contributed by atoms with E-state index in [1.807, 2.05) is 18.2 Å². The van der Waals surface area contributed by atoms with Crippen LogP contribution in [-0.4, -0.2) is 25.9 Å². The number of hydrogen-bond donors (Lipinski definition) is 1. The Bertz CT molecular complexity index is 575. The second-order valence-electron chi connectivity index (χ2n) is 5.96. The Morgan fingerprint density at radius 3 is 2.57 bits per heavy atom. The molecule has 21 heavy (non-hydrogen) atoms. The van der Waals surface area contributed by atoms with Crippen LogP contribution in [0.15, 0.2) is 42.5 Å². The summed E-state index contributed by atoms with van der Waals surface area (Å²) >= 11 is 0. The Kier molecular flexibility index (Phi) is 5.34. The molecule has 2 N–H and O–H groups in total. The molecule has 0 fully saturated rings. The number of fused-ring (bicyclic) bond motifs is 1. The van der Waals surface area contributed by atoms with Gasteiger partial charge in [-0.1, -0.05) is 42.5 Å². The molecule has 0 aliphatic rings. The topological polar surface area (TPSA) is 44.5 Å². The summed E-state index contributed by atoms with van der Waals surface area (Å²) in [6.07, 6.45) is 0.853. The first-order valence-corrected chi connectivity index (χ1v) is 7.39. The van der Waals surface area contributed by atoms with Crippen LogP contribution in [0.4, 0.5) is 0 Å². The molecule has 0 amide bonds. The second-order valence-corrected chi connectivity index (χ2v) is 5.96. The van der Waals surface area contributed by atoms with E-state index in [0.717, 1.165) is 12.0 Å². The molecule has 0 saturated heterocycles. The number of hydrogen-bond acceptors (Lipinski definition) is 3. The fraction of sp³-hybridized carbons (Fsp3) is 0.444. The Balaban J connectivity index is 1.95. The Morgan fingerprint density at radius 2 is 1.81 bits per heavy atom. The summed E-state index contributed by atoms with van der Waals surface area (Å²) in [7, 11) is 1.72. The van der Waals surface area contributed by atoms with E-state index in [1.165, 1.54) is 10.8 Å². The van der Waals surface area contributed by atoms with Crippen LogP contribution in [0.2, 0.25) is 0 Å². The zero-order chi connectivity index (χ0) is 15.3. The van der Waals surface area contributed by atoms with Gasteiger partial charge in [-0.2, -0.15) is 0 Å². The molecule has 0 heterocycles. The zero-order valence-corrected chi connectivity index (χ0v) is 13.1. The van der Waals surface area contributed by atoms with Crippen LogP contribution in [0.1, 0.15) is 31.9 Å². The van der Waals surface area contributed by atoms with Crippen LogP contribution >= 0.6 is 0 Å². The average Bonchev–Trinajstić information content (AvgIpc) is 2.51. The number of benzene rings is 2. The van der Waals surface area contributed by atoms with Crippen LogP contribution in [0.3, 0.4) is 0 Å². The van der Waals surface area contributed by atoms with Gasteiger partial charge in [-0.25, -0.2) is 0 Å². The van der Waals surface area contributed by atoms with Crippen molar-refractivity contribution in [1.82, 2.24) is 0 Å². The highest BCUT2D eigenvalue weighted by molar-refractivity contribution is 5.86. The normalized spacial score (nSPS) is 13.5. The van der Waals surface area contributed by atoms with Gasteiger partial charge in [0.05, 0.1) is 18.2 Å². The van der Waals surface area contributed by atoms with Gasteiger partial charge < -0.3 is 15.2 Å². The van der Waals surface area contributed by atoms with Crippen LogP contribution in [0.5, 0.6) is 0 Å². The van der Waals surface area contributed by atoms with E-state index in [0.29, 0.717) is 13.2 Å². The van der Waals surface area contributed by atoms with Gasteiger partial charge in [0.1, 0.15) is 0 Å². The summed E-state index contributed by atoms with van der Waals surface area (Å²) < 4.78 is 11.1. The third kappa shape index (κ3) is 4.27. The predicted octanol–water partition coefficient (Wildman–Crippen LogP) is 3.67. The molecule has 0 saturated carbocycles. The van der Waals surface area contributed by atoms with Crippen molar-refractivity contribution in [3.63, 3.8) is 0 Å². The Morgan fingerprint density at radius 1 is 1.10 bits per heavy atom. The molecule has 0 aromatic heterocycles. The zero-order valence-electron chi connectivity index (χ0n) is 13.1. The molecule has 0 spiro atoms. The smallest absolute Gasteiger partial charge is 0.0659 e. The van der Waals surface area contributed by atoms with Gasteiger partial charge in [-0.15, -0.1) is 0 Å². The summed E-state index contributed by atoms with van der Waals surface area (Å²) in [5.41, 5.74) is 7.28. The molecule has 114 valence electrons. The lowest BCUT2D eigenvalue weighted by atomic mass is 10.00. The summed E-state index contributed by atoms with van der Waals surface area (Å²) in [5.74, 6) is 0. The van der Waals surface area contributed by atoms with Crippen molar-refractivity contribution in [3.05, 3.63) is 48.0 Å². The highest BCUT2D eigenvalue weighted by atomic mass is 16.5. The van der Waals surface area contributed by atoms with E-state index in [-0.39, 0.29) is 11.6 Å². The first-order chi connectivity index (χ1) is 10.0. The predicted molar refractivity (Wildman–Crippen MR) is 87.4 cm³/mol. The summed E-state index contributed by atoms with van der Waals surface area (Å²) in [6.45, 7) is 5.29.